The molecule has 1 heterocycles. The number of ether oxygens (including phenoxy) is 1. The molecule has 0 saturated carbocycles. The summed E-state index contributed by atoms with van der Waals surface area (Å²) in [6, 6.07) is 0. The van der Waals surface area contributed by atoms with E-state index in [0.717, 1.165) is 19.0 Å². The highest BCUT2D eigenvalue weighted by molar-refractivity contribution is 6.28. The SMILES string of the molecule is CCCCN(CCC(=O)OC(C)(C)C)c1nc(Cl)ncc1[N+](=O)[O-]. The van der Waals surface area contributed by atoms with Crippen LogP contribution in [0.5, 0.6) is 0 Å². The molecule has 0 aliphatic carbocycles. The predicted octanol–water partition coefficient (Wildman–Crippen LogP) is 3.38. The molecule has 134 valence electrons. The molecule has 1 aromatic heterocycles. The van der Waals surface area contributed by atoms with Gasteiger partial charge in [-0.2, -0.15) is 4.98 Å². The Balaban J connectivity index is 2.95. The molecule has 0 N–H and O–H groups in total. The second kappa shape index (κ2) is 8.77. The highest BCUT2D eigenvalue weighted by Crippen LogP contribution is 2.26. The number of aromatic nitrogens is 2. The molecule has 8 nitrogen and oxygen atoms in total. The van der Waals surface area contributed by atoms with Gasteiger partial charge in [0.05, 0.1) is 11.3 Å². The molecule has 24 heavy (non-hydrogen) atoms. The molecule has 0 saturated heterocycles. The van der Waals surface area contributed by atoms with E-state index in [4.69, 9.17) is 16.3 Å². The van der Waals surface area contributed by atoms with Crippen molar-refractivity contribution in [2.24, 2.45) is 0 Å². The van der Waals surface area contributed by atoms with Crippen LogP contribution in [0.15, 0.2) is 6.20 Å². The van der Waals surface area contributed by atoms with Crippen molar-refractivity contribution in [1.29, 1.82) is 0 Å². The van der Waals surface area contributed by atoms with Crippen LogP contribution in [0, 0.1) is 10.1 Å². The van der Waals surface area contributed by atoms with Gasteiger partial charge in [0.15, 0.2) is 0 Å². The van der Waals surface area contributed by atoms with Gasteiger partial charge in [0.25, 0.3) is 0 Å². The van der Waals surface area contributed by atoms with Crippen LogP contribution in [0.4, 0.5) is 11.5 Å². The molecule has 0 aliphatic heterocycles. The highest BCUT2D eigenvalue weighted by atomic mass is 35.5. The Hall–Kier alpha value is -1.96. The zero-order chi connectivity index (χ0) is 18.3. The fraction of sp³-hybridized carbons (Fsp3) is 0.667. The van der Waals surface area contributed by atoms with Gasteiger partial charge in [-0.15, -0.1) is 0 Å². The number of carbonyl (C=O) groups excluding carboxylic acids is 1. The number of halogens is 1. The molecular weight excluding hydrogens is 336 g/mol. The Morgan fingerprint density at radius 1 is 1.42 bits per heavy atom. The maximum atomic E-state index is 11.9. The van der Waals surface area contributed by atoms with E-state index in [9.17, 15) is 14.9 Å². The predicted molar refractivity (Wildman–Crippen MR) is 91.3 cm³/mol. The number of anilines is 1. The average molecular weight is 359 g/mol. The van der Waals surface area contributed by atoms with E-state index in [1.165, 1.54) is 0 Å². The lowest BCUT2D eigenvalue weighted by Crippen LogP contribution is -2.31. The first-order valence-corrected chi connectivity index (χ1v) is 8.15. The number of hydrogen-bond donors (Lipinski definition) is 0. The largest absolute Gasteiger partial charge is 0.460 e. The molecule has 1 aromatic rings. The summed E-state index contributed by atoms with van der Waals surface area (Å²) in [6.45, 7) is 8.14. The van der Waals surface area contributed by atoms with Crippen LogP contribution in [-0.2, 0) is 9.53 Å². The summed E-state index contributed by atoms with van der Waals surface area (Å²) in [5, 5.41) is 11.1. The van der Waals surface area contributed by atoms with Crippen molar-refractivity contribution in [1.82, 2.24) is 9.97 Å². The quantitative estimate of drug-likeness (QED) is 0.304. The lowest BCUT2D eigenvalue weighted by molar-refractivity contribution is -0.384. The molecule has 0 aromatic carbocycles. The van der Waals surface area contributed by atoms with E-state index < -0.39 is 10.5 Å². The summed E-state index contributed by atoms with van der Waals surface area (Å²) in [5.41, 5.74) is -0.810. The zero-order valence-electron chi connectivity index (χ0n) is 14.4. The lowest BCUT2D eigenvalue weighted by atomic mass is 10.2. The Kier molecular flexibility index (Phi) is 7.34. The van der Waals surface area contributed by atoms with Crippen molar-refractivity contribution in [3.8, 4) is 0 Å². The fourth-order valence-electron chi connectivity index (χ4n) is 2.00. The van der Waals surface area contributed by atoms with Crippen LogP contribution < -0.4 is 4.90 Å². The third-order valence-electron chi connectivity index (χ3n) is 3.00. The van der Waals surface area contributed by atoms with E-state index >= 15 is 0 Å². The van der Waals surface area contributed by atoms with Gasteiger partial charge in [0.2, 0.25) is 11.1 Å². The molecule has 0 atom stereocenters. The standard InChI is InChI=1S/C15H23ClN4O4/c1-5-6-8-19(9-7-12(21)24-15(2,3)4)13-11(20(22)23)10-17-14(16)18-13/h10H,5-9H2,1-4H3. The second-order valence-electron chi connectivity index (χ2n) is 6.28. The van der Waals surface area contributed by atoms with Crippen LogP contribution in [-0.4, -0.2) is 39.6 Å². The Morgan fingerprint density at radius 3 is 2.62 bits per heavy atom. The summed E-state index contributed by atoms with van der Waals surface area (Å²) < 4.78 is 5.27. The van der Waals surface area contributed by atoms with Gasteiger partial charge in [-0.3, -0.25) is 14.9 Å². The van der Waals surface area contributed by atoms with Gasteiger partial charge >= 0.3 is 11.7 Å². The van der Waals surface area contributed by atoms with Crippen molar-refractivity contribution in [3.05, 3.63) is 21.6 Å². The smallest absolute Gasteiger partial charge is 0.329 e. The summed E-state index contributed by atoms with van der Waals surface area (Å²) >= 11 is 5.79. The topological polar surface area (TPSA) is 98.5 Å². The maximum Gasteiger partial charge on any atom is 0.329 e. The molecule has 0 aliphatic rings. The van der Waals surface area contributed by atoms with E-state index in [-0.39, 0.29) is 35.7 Å². The van der Waals surface area contributed by atoms with Gasteiger partial charge < -0.3 is 9.64 Å². The third kappa shape index (κ3) is 6.66. The second-order valence-corrected chi connectivity index (χ2v) is 6.62. The zero-order valence-corrected chi connectivity index (χ0v) is 15.2. The average Bonchev–Trinajstić information content (AvgIpc) is 2.45. The van der Waals surface area contributed by atoms with Gasteiger partial charge in [0, 0.05) is 13.1 Å². The normalized spacial score (nSPS) is 11.2. The monoisotopic (exact) mass is 358 g/mol. The first-order chi connectivity index (χ1) is 11.1. The van der Waals surface area contributed by atoms with E-state index in [1.807, 2.05) is 6.92 Å². The number of nitrogens with zero attached hydrogens (tertiary/aromatic N) is 4. The molecule has 0 bridgehead atoms. The van der Waals surface area contributed by atoms with Crippen molar-refractivity contribution in [2.75, 3.05) is 18.0 Å². The van der Waals surface area contributed by atoms with Gasteiger partial charge in [0.1, 0.15) is 11.8 Å². The van der Waals surface area contributed by atoms with Crippen molar-refractivity contribution < 1.29 is 14.5 Å². The minimum absolute atomic E-state index is 0.0747. The van der Waals surface area contributed by atoms with Crippen molar-refractivity contribution in [3.63, 3.8) is 0 Å². The van der Waals surface area contributed by atoms with Crippen molar-refractivity contribution in [2.45, 2.75) is 52.6 Å². The first-order valence-electron chi connectivity index (χ1n) is 7.77. The number of unbranched alkanes of at least 4 members (excludes halogenated alkanes) is 1. The molecule has 0 amide bonds. The van der Waals surface area contributed by atoms with Crippen LogP contribution in [0.3, 0.4) is 0 Å². The van der Waals surface area contributed by atoms with Gasteiger partial charge in [-0.05, 0) is 38.8 Å². The molecule has 0 radical (unpaired) electrons. The molecule has 1 rings (SSSR count). The highest BCUT2D eigenvalue weighted by Gasteiger charge is 2.24. The summed E-state index contributed by atoms with van der Waals surface area (Å²) in [5.74, 6) is -0.246. The number of rotatable bonds is 8. The molecule has 0 fully saturated rings. The fourth-order valence-corrected chi connectivity index (χ4v) is 2.13. The van der Waals surface area contributed by atoms with Crippen LogP contribution in [0.2, 0.25) is 5.28 Å². The summed E-state index contributed by atoms with van der Waals surface area (Å²) in [7, 11) is 0. The number of esters is 1. The van der Waals surface area contributed by atoms with Crippen LogP contribution >= 0.6 is 11.6 Å². The Morgan fingerprint density at radius 2 is 2.08 bits per heavy atom. The number of carbonyl (C=O) groups is 1. The summed E-state index contributed by atoms with van der Waals surface area (Å²) in [4.78, 5) is 31.9. The molecule has 9 heteroatoms. The minimum Gasteiger partial charge on any atom is -0.460 e. The Labute approximate surface area is 146 Å². The van der Waals surface area contributed by atoms with Gasteiger partial charge in [-0.1, -0.05) is 13.3 Å². The van der Waals surface area contributed by atoms with Gasteiger partial charge in [-0.25, -0.2) is 4.98 Å². The maximum absolute atomic E-state index is 11.9. The Bertz CT molecular complexity index is 589. The third-order valence-corrected chi connectivity index (χ3v) is 3.19. The first kappa shape index (κ1) is 20.1. The van der Waals surface area contributed by atoms with Crippen molar-refractivity contribution >= 4 is 29.1 Å². The minimum atomic E-state index is -0.574. The van der Waals surface area contributed by atoms with E-state index in [2.05, 4.69) is 9.97 Å². The molecule has 0 spiro atoms. The number of hydrogen-bond acceptors (Lipinski definition) is 7. The van der Waals surface area contributed by atoms with Crippen LogP contribution in [0.25, 0.3) is 0 Å². The summed E-state index contributed by atoms with van der Waals surface area (Å²) in [6.07, 6.45) is 2.87. The molecular formula is C15H23ClN4O4. The molecule has 0 unspecified atom stereocenters. The van der Waals surface area contributed by atoms with E-state index in [1.54, 1.807) is 25.7 Å². The number of nitro groups is 1. The lowest BCUT2D eigenvalue weighted by Gasteiger charge is -2.24. The van der Waals surface area contributed by atoms with Crippen LogP contribution in [0.1, 0.15) is 47.0 Å². The van der Waals surface area contributed by atoms with E-state index in [0.29, 0.717) is 6.54 Å².